The molecular formula is C17H21N5O4S2. The molecule has 0 spiro atoms. The van der Waals surface area contributed by atoms with Gasteiger partial charge in [0.15, 0.2) is 0 Å². The van der Waals surface area contributed by atoms with Gasteiger partial charge in [-0.05, 0) is 30.7 Å². The van der Waals surface area contributed by atoms with E-state index in [0.717, 1.165) is 17.8 Å². The predicted octanol–water partition coefficient (Wildman–Crippen LogP) is -0.436. The summed E-state index contributed by atoms with van der Waals surface area (Å²) in [6.07, 6.45) is 1.81. The van der Waals surface area contributed by atoms with Crippen LogP contribution >= 0.6 is 11.3 Å². The highest BCUT2D eigenvalue weighted by molar-refractivity contribution is 7.91. The van der Waals surface area contributed by atoms with Crippen LogP contribution in [0.3, 0.4) is 0 Å². The Bertz CT molecular complexity index is 926. The van der Waals surface area contributed by atoms with Crippen LogP contribution in [-0.4, -0.2) is 78.1 Å². The number of rotatable bonds is 5. The van der Waals surface area contributed by atoms with Gasteiger partial charge in [0.05, 0.1) is 6.07 Å². The normalized spacial score (nSPS) is 28.7. The number of amides is 2. The van der Waals surface area contributed by atoms with Gasteiger partial charge in [0.25, 0.3) is 10.0 Å². The summed E-state index contributed by atoms with van der Waals surface area (Å²) in [5, 5.41) is 10.8. The first-order chi connectivity index (χ1) is 13.3. The van der Waals surface area contributed by atoms with Crippen molar-refractivity contribution in [3.63, 3.8) is 0 Å². The van der Waals surface area contributed by atoms with Crippen LogP contribution in [0.25, 0.3) is 0 Å². The fourth-order valence-electron chi connectivity index (χ4n) is 4.30. The molecule has 2 amide bonds. The van der Waals surface area contributed by atoms with Crippen molar-refractivity contribution in [2.75, 3.05) is 19.6 Å². The minimum absolute atomic E-state index is 0.0420. The molecule has 4 heterocycles. The van der Waals surface area contributed by atoms with E-state index < -0.39 is 28.1 Å². The number of likely N-dealkylation sites (tertiary alicyclic amines) is 2. The van der Waals surface area contributed by atoms with Crippen molar-refractivity contribution in [2.45, 2.75) is 47.6 Å². The van der Waals surface area contributed by atoms with Crippen LogP contribution < -0.4 is 5.73 Å². The van der Waals surface area contributed by atoms with E-state index in [2.05, 4.69) is 6.07 Å². The smallest absolute Gasteiger partial charge is 0.253 e. The second-order valence-electron chi connectivity index (χ2n) is 7.33. The van der Waals surface area contributed by atoms with Crippen molar-refractivity contribution in [1.82, 2.24) is 14.1 Å². The fourth-order valence-corrected chi connectivity index (χ4v) is 7.05. The lowest BCUT2D eigenvalue weighted by Gasteiger charge is -2.34. The van der Waals surface area contributed by atoms with E-state index >= 15 is 0 Å². The molecule has 0 unspecified atom stereocenters. The zero-order valence-corrected chi connectivity index (χ0v) is 16.7. The van der Waals surface area contributed by atoms with Crippen LogP contribution in [-0.2, 0) is 19.6 Å². The Morgan fingerprint density at radius 1 is 1.46 bits per heavy atom. The maximum atomic E-state index is 12.8. The average Bonchev–Trinajstić information content (AvgIpc) is 3.45. The molecule has 3 aliphatic rings. The number of carbonyl (C=O) groups excluding carboxylic acids is 2. The summed E-state index contributed by atoms with van der Waals surface area (Å²) in [5.74, 6) is -0.638. The van der Waals surface area contributed by atoms with Crippen LogP contribution in [0.1, 0.15) is 19.3 Å². The summed E-state index contributed by atoms with van der Waals surface area (Å²) in [5.41, 5.74) is 6.06. The molecule has 2 bridgehead atoms. The van der Waals surface area contributed by atoms with Gasteiger partial charge in [-0.2, -0.15) is 9.57 Å². The number of hydrogen-bond donors (Lipinski definition) is 1. The Balaban J connectivity index is 1.43. The number of sulfonamides is 1. The highest BCUT2D eigenvalue weighted by Crippen LogP contribution is 2.36. The molecule has 3 fully saturated rings. The van der Waals surface area contributed by atoms with Crippen molar-refractivity contribution >= 4 is 33.2 Å². The van der Waals surface area contributed by atoms with Gasteiger partial charge in [-0.1, -0.05) is 6.07 Å². The van der Waals surface area contributed by atoms with E-state index in [0.29, 0.717) is 19.4 Å². The third-order valence-corrected chi connectivity index (χ3v) is 8.94. The average molecular weight is 424 g/mol. The Morgan fingerprint density at radius 3 is 2.89 bits per heavy atom. The van der Waals surface area contributed by atoms with Crippen LogP contribution in [0.15, 0.2) is 21.7 Å². The Morgan fingerprint density at radius 2 is 2.25 bits per heavy atom. The number of fused-ring (bicyclic) bond motifs is 2. The standard InChI is InChI=1S/C17H21N5O4S2/c18-8-11-3-1-5-20(11)16(23)13(19)10-21-12-7-14(17(21)24)22(9-12)28(25,26)15-4-2-6-27-15/h2,4,6,11-14H,1,3,5,7,9-10,19H2/t11-,12-,13-,14-/m0/s1. The van der Waals surface area contributed by atoms with Crippen molar-refractivity contribution in [2.24, 2.45) is 5.73 Å². The molecule has 1 aromatic heterocycles. The maximum Gasteiger partial charge on any atom is 0.253 e. The second-order valence-corrected chi connectivity index (χ2v) is 10.4. The molecule has 9 nitrogen and oxygen atoms in total. The topological polar surface area (TPSA) is 128 Å². The van der Waals surface area contributed by atoms with Crippen molar-refractivity contribution < 1.29 is 18.0 Å². The zero-order valence-electron chi connectivity index (χ0n) is 15.1. The van der Waals surface area contributed by atoms with Gasteiger partial charge in [-0.25, -0.2) is 8.42 Å². The molecular weight excluding hydrogens is 402 g/mol. The number of nitrogens with zero attached hydrogens (tertiary/aromatic N) is 4. The number of piperazine rings is 1. The first-order valence-corrected chi connectivity index (χ1v) is 11.5. The SMILES string of the molecule is N#C[C@@H]1CCCN1C(=O)[C@@H](N)CN1C(=O)[C@@H]2C[C@H]1CN2S(=O)(=O)c1cccs1. The van der Waals surface area contributed by atoms with Crippen LogP contribution in [0.2, 0.25) is 0 Å². The van der Waals surface area contributed by atoms with Gasteiger partial charge in [0.1, 0.15) is 22.3 Å². The molecule has 3 aliphatic heterocycles. The molecule has 0 radical (unpaired) electrons. The van der Waals surface area contributed by atoms with Gasteiger partial charge in [0.2, 0.25) is 11.8 Å². The van der Waals surface area contributed by atoms with Crippen molar-refractivity contribution in [1.29, 1.82) is 5.26 Å². The van der Waals surface area contributed by atoms with Crippen LogP contribution in [0, 0.1) is 11.3 Å². The molecule has 3 saturated heterocycles. The minimum atomic E-state index is -3.69. The summed E-state index contributed by atoms with van der Waals surface area (Å²) in [6.45, 7) is 0.750. The summed E-state index contributed by atoms with van der Waals surface area (Å²) in [7, 11) is -3.69. The van der Waals surface area contributed by atoms with Gasteiger partial charge in [-0.15, -0.1) is 11.3 Å². The van der Waals surface area contributed by atoms with Crippen LogP contribution in [0.4, 0.5) is 0 Å². The lowest BCUT2D eigenvalue weighted by molar-refractivity contribution is -0.137. The molecule has 0 aliphatic carbocycles. The van der Waals surface area contributed by atoms with Gasteiger partial charge >= 0.3 is 0 Å². The van der Waals surface area contributed by atoms with Gasteiger partial charge < -0.3 is 15.5 Å². The number of carbonyl (C=O) groups is 2. The molecule has 11 heteroatoms. The largest absolute Gasteiger partial charge is 0.335 e. The highest BCUT2D eigenvalue weighted by Gasteiger charge is 2.54. The molecule has 4 atom stereocenters. The van der Waals surface area contributed by atoms with Gasteiger partial charge in [0, 0.05) is 25.7 Å². The lowest BCUT2D eigenvalue weighted by Crippen LogP contribution is -2.57. The number of nitriles is 1. The molecule has 0 saturated carbocycles. The fraction of sp³-hybridized carbons (Fsp3) is 0.588. The summed E-state index contributed by atoms with van der Waals surface area (Å²) in [4.78, 5) is 28.4. The third-order valence-electron chi connectivity index (χ3n) is 5.70. The molecule has 2 N–H and O–H groups in total. The number of thiophene rings is 1. The van der Waals surface area contributed by atoms with Crippen LogP contribution in [0.5, 0.6) is 0 Å². The monoisotopic (exact) mass is 423 g/mol. The molecule has 28 heavy (non-hydrogen) atoms. The molecule has 150 valence electrons. The van der Waals surface area contributed by atoms with E-state index in [1.807, 2.05) is 0 Å². The third kappa shape index (κ3) is 3.00. The van der Waals surface area contributed by atoms with E-state index in [1.165, 1.54) is 20.2 Å². The van der Waals surface area contributed by atoms with Gasteiger partial charge in [-0.3, -0.25) is 9.59 Å². The molecule has 1 aromatic rings. The summed E-state index contributed by atoms with van der Waals surface area (Å²) in [6, 6.07) is 2.91. The van der Waals surface area contributed by atoms with Crippen molar-refractivity contribution in [3.05, 3.63) is 17.5 Å². The Kier molecular flexibility index (Phi) is 4.91. The van der Waals surface area contributed by atoms with Crippen molar-refractivity contribution in [3.8, 4) is 6.07 Å². The summed E-state index contributed by atoms with van der Waals surface area (Å²) < 4.78 is 27.0. The van der Waals surface area contributed by atoms with E-state index in [4.69, 9.17) is 11.0 Å². The van der Waals surface area contributed by atoms with E-state index in [1.54, 1.807) is 11.4 Å². The molecule has 0 aromatic carbocycles. The lowest BCUT2D eigenvalue weighted by atomic mass is 10.2. The Labute approximate surface area is 167 Å². The van der Waals surface area contributed by atoms with E-state index in [9.17, 15) is 18.0 Å². The number of nitrogens with two attached hydrogens (primary N) is 1. The van der Waals surface area contributed by atoms with E-state index in [-0.39, 0.29) is 35.2 Å². The maximum absolute atomic E-state index is 12.8. The quantitative estimate of drug-likeness (QED) is 0.684. The Hall–Kier alpha value is -2.00. The second kappa shape index (κ2) is 7.11. The first-order valence-electron chi connectivity index (χ1n) is 9.16. The first kappa shape index (κ1) is 19.3. The zero-order chi connectivity index (χ0) is 20.1. The highest BCUT2D eigenvalue weighted by atomic mass is 32.2. The molecule has 4 rings (SSSR count). The minimum Gasteiger partial charge on any atom is -0.335 e. The summed E-state index contributed by atoms with van der Waals surface area (Å²) >= 11 is 1.13. The number of hydrogen-bond acceptors (Lipinski definition) is 7. The predicted molar refractivity (Wildman–Crippen MR) is 100 cm³/mol.